The van der Waals surface area contributed by atoms with Crippen molar-refractivity contribution in [2.75, 3.05) is 0 Å². The third-order valence-electron chi connectivity index (χ3n) is 3.59. The fraction of sp³-hybridized carbons (Fsp3) is 0.200. The second-order valence-corrected chi connectivity index (χ2v) is 6.07. The number of fused-ring (bicyclic) bond motifs is 1. The Bertz CT molecular complexity index is 981. The van der Waals surface area contributed by atoms with Gasteiger partial charge in [0.15, 0.2) is 10.8 Å². The summed E-state index contributed by atoms with van der Waals surface area (Å²) in [6.07, 6.45) is 0. The molecule has 0 amide bonds. The van der Waals surface area contributed by atoms with Crippen molar-refractivity contribution >= 4 is 16.3 Å². The first-order chi connectivity index (χ1) is 11.2. The summed E-state index contributed by atoms with van der Waals surface area (Å²) in [7, 11) is 0. The molecule has 0 aliphatic rings. The number of aromatic nitrogens is 6. The fourth-order valence-electron chi connectivity index (χ4n) is 2.43. The van der Waals surface area contributed by atoms with Crippen LogP contribution in [0.25, 0.3) is 27.1 Å². The van der Waals surface area contributed by atoms with Crippen molar-refractivity contribution in [3.8, 4) is 22.1 Å². The van der Waals surface area contributed by atoms with Crippen molar-refractivity contribution < 1.29 is 4.39 Å². The molecule has 3 heterocycles. The van der Waals surface area contributed by atoms with Gasteiger partial charge in [-0.2, -0.15) is 14.7 Å². The van der Waals surface area contributed by atoms with Crippen LogP contribution in [0.2, 0.25) is 0 Å². The molecule has 0 aliphatic carbocycles. The molecule has 0 saturated carbocycles. The number of hydrogen-bond donors (Lipinski definition) is 0. The van der Waals surface area contributed by atoms with Gasteiger partial charge in [-0.1, -0.05) is 11.3 Å². The Morgan fingerprint density at radius 2 is 1.91 bits per heavy atom. The predicted octanol–water partition coefficient (Wildman–Crippen LogP) is 3.18. The molecule has 116 valence electrons. The third kappa shape index (κ3) is 2.31. The van der Waals surface area contributed by atoms with E-state index in [2.05, 4.69) is 27.3 Å². The van der Waals surface area contributed by atoms with E-state index in [9.17, 15) is 4.39 Å². The average Bonchev–Trinajstić information content (AvgIpc) is 3.21. The van der Waals surface area contributed by atoms with Crippen LogP contribution in [0.3, 0.4) is 0 Å². The lowest BCUT2D eigenvalue weighted by Gasteiger charge is -1.96. The molecule has 0 aliphatic heterocycles. The third-order valence-corrected chi connectivity index (χ3v) is 4.51. The average molecular weight is 328 g/mol. The highest BCUT2D eigenvalue weighted by atomic mass is 32.1. The quantitative estimate of drug-likeness (QED) is 0.579. The van der Waals surface area contributed by atoms with E-state index in [0.29, 0.717) is 10.8 Å². The van der Waals surface area contributed by atoms with Crippen LogP contribution >= 0.6 is 11.3 Å². The molecule has 0 fully saturated rings. The van der Waals surface area contributed by atoms with Crippen LogP contribution in [-0.2, 0) is 6.54 Å². The van der Waals surface area contributed by atoms with E-state index in [-0.39, 0.29) is 5.82 Å². The van der Waals surface area contributed by atoms with Gasteiger partial charge < -0.3 is 0 Å². The summed E-state index contributed by atoms with van der Waals surface area (Å²) >= 11 is 1.43. The maximum absolute atomic E-state index is 13.1. The minimum Gasteiger partial charge on any atom is -0.269 e. The van der Waals surface area contributed by atoms with Crippen LogP contribution in [0.5, 0.6) is 0 Å². The Morgan fingerprint density at radius 1 is 1.13 bits per heavy atom. The molecule has 0 spiro atoms. The Kier molecular flexibility index (Phi) is 3.19. The van der Waals surface area contributed by atoms with Crippen molar-refractivity contribution in [2.24, 2.45) is 0 Å². The van der Waals surface area contributed by atoms with Crippen molar-refractivity contribution in [3.63, 3.8) is 0 Å². The molecule has 0 unspecified atom stereocenters. The van der Waals surface area contributed by atoms with Crippen LogP contribution in [0.1, 0.15) is 12.6 Å². The monoisotopic (exact) mass is 328 g/mol. The zero-order valence-corrected chi connectivity index (χ0v) is 13.4. The van der Waals surface area contributed by atoms with Crippen LogP contribution in [-0.4, -0.2) is 29.6 Å². The van der Waals surface area contributed by atoms with E-state index in [0.717, 1.165) is 28.5 Å². The van der Waals surface area contributed by atoms with E-state index in [1.807, 2.05) is 17.7 Å². The van der Waals surface area contributed by atoms with Crippen LogP contribution in [0.15, 0.2) is 30.3 Å². The molecule has 23 heavy (non-hydrogen) atoms. The fourth-order valence-corrected chi connectivity index (χ4v) is 3.23. The summed E-state index contributed by atoms with van der Waals surface area (Å²) in [5.41, 5.74) is 2.68. The van der Waals surface area contributed by atoms with Crippen LogP contribution in [0.4, 0.5) is 4.39 Å². The van der Waals surface area contributed by atoms with E-state index in [4.69, 9.17) is 0 Å². The minimum absolute atomic E-state index is 0.283. The molecule has 0 N–H and O–H groups in total. The molecule has 0 atom stereocenters. The molecular formula is C15H13FN6S. The van der Waals surface area contributed by atoms with E-state index in [1.54, 1.807) is 16.6 Å². The molecule has 8 heteroatoms. The molecule has 4 rings (SSSR count). The summed E-state index contributed by atoms with van der Waals surface area (Å²) in [6.45, 7) is 4.88. The van der Waals surface area contributed by atoms with E-state index >= 15 is 0 Å². The molecule has 6 nitrogen and oxygen atoms in total. The van der Waals surface area contributed by atoms with Gasteiger partial charge in [0.25, 0.3) is 0 Å². The van der Waals surface area contributed by atoms with Crippen molar-refractivity contribution in [2.45, 2.75) is 20.4 Å². The first-order valence-corrected chi connectivity index (χ1v) is 8.00. The van der Waals surface area contributed by atoms with E-state index in [1.165, 1.54) is 23.5 Å². The predicted molar refractivity (Wildman–Crippen MR) is 85.7 cm³/mol. The van der Waals surface area contributed by atoms with Crippen LogP contribution in [0, 0.1) is 12.7 Å². The first-order valence-electron chi connectivity index (χ1n) is 7.18. The topological polar surface area (TPSA) is 60.9 Å². The van der Waals surface area contributed by atoms with Crippen molar-refractivity contribution in [1.82, 2.24) is 29.6 Å². The molecular weight excluding hydrogens is 315 g/mol. The Labute approximate surface area is 135 Å². The highest BCUT2D eigenvalue weighted by molar-refractivity contribution is 7.19. The van der Waals surface area contributed by atoms with Gasteiger partial charge in [-0.05, 0) is 44.2 Å². The molecule has 3 aromatic heterocycles. The highest BCUT2D eigenvalue weighted by Gasteiger charge is 2.16. The largest absolute Gasteiger partial charge is 0.269 e. The second kappa shape index (κ2) is 5.24. The Hall–Kier alpha value is -2.61. The lowest BCUT2D eigenvalue weighted by atomic mass is 10.2. The number of rotatable bonds is 3. The van der Waals surface area contributed by atoms with Crippen LogP contribution < -0.4 is 0 Å². The van der Waals surface area contributed by atoms with Gasteiger partial charge in [0.2, 0.25) is 4.96 Å². The Morgan fingerprint density at radius 3 is 2.61 bits per heavy atom. The summed E-state index contributed by atoms with van der Waals surface area (Å²) in [4.78, 5) is 0.683. The lowest BCUT2D eigenvalue weighted by Crippen LogP contribution is -1.98. The summed E-state index contributed by atoms with van der Waals surface area (Å²) < 4.78 is 16.7. The maximum Gasteiger partial charge on any atom is 0.235 e. The number of halogens is 1. The van der Waals surface area contributed by atoms with E-state index < -0.39 is 0 Å². The van der Waals surface area contributed by atoms with Gasteiger partial charge in [0.1, 0.15) is 11.5 Å². The zero-order chi connectivity index (χ0) is 16.0. The van der Waals surface area contributed by atoms with Gasteiger partial charge >= 0.3 is 0 Å². The van der Waals surface area contributed by atoms with Gasteiger partial charge in [0.05, 0.1) is 0 Å². The van der Waals surface area contributed by atoms with Gasteiger partial charge in [-0.15, -0.1) is 10.2 Å². The standard InChI is InChI=1S/C15H13FN6S/c1-3-21-9(2)8-12(19-21)14-20-22-13(17-18-15(22)23-14)10-4-6-11(16)7-5-10/h4-8H,3H2,1-2H3. The number of nitrogens with zero attached hydrogens (tertiary/aromatic N) is 6. The molecule has 1 aromatic carbocycles. The molecule has 0 saturated heterocycles. The van der Waals surface area contributed by atoms with Crippen molar-refractivity contribution in [3.05, 3.63) is 41.8 Å². The molecule has 0 bridgehead atoms. The van der Waals surface area contributed by atoms with Gasteiger partial charge in [-0.25, -0.2) is 4.39 Å². The molecule has 0 radical (unpaired) electrons. The Balaban J connectivity index is 1.81. The maximum atomic E-state index is 13.1. The number of benzene rings is 1. The highest BCUT2D eigenvalue weighted by Crippen LogP contribution is 2.27. The number of aryl methyl sites for hydroxylation is 2. The summed E-state index contributed by atoms with van der Waals surface area (Å²) in [5, 5.41) is 18.2. The smallest absolute Gasteiger partial charge is 0.235 e. The summed E-state index contributed by atoms with van der Waals surface area (Å²) in [6, 6.07) is 8.14. The lowest BCUT2D eigenvalue weighted by molar-refractivity contribution is 0.628. The normalized spacial score (nSPS) is 11.4. The first kappa shape index (κ1) is 14.0. The second-order valence-electron chi connectivity index (χ2n) is 5.12. The van der Waals surface area contributed by atoms with Crippen molar-refractivity contribution in [1.29, 1.82) is 0 Å². The SMILES string of the molecule is CCn1nc(-c2nn3c(-c4ccc(F)cc4)nnc3s2)cc1C. The van der Waals surface area contributed by atoms with Gasteiger partial charge in [0, 0.05) is 17.8 Å². The zero-order valence-electron chi connectivity index (χ0n) is 12.6. The number of hydrogen-bond acceptors (Lipinski definition) is 5. The van der Waals surface area contributed by atoms with Gasteiger partial charge in [-0.3, -0.25) is 4.68 Å². The molecule has 4 aromatic rings. The summed E-state index contributed by atoms with van der Waals surface area (Å²) in [5.74, 6) is 0.309. The minimum atomic E-state index is -0.283.